The second-order valence-corrected chi connectivity index (χ2v) is 3.25. The van der Waals surface area contributed by atoms with Crippen molar-refractivity contribution in [2.24, 2.45) is 5.92 Å². The van der Waals surface area contributed by atoms with E-state index in [2.05, 4.69) is 6.58 Å². The second kappa shape index (κ2) is 4.04. The summed E-state index contributed by atoms with van der Waals surface area (Å²) in [7, 11) is 0. The Kier molecular flexibility index (Phi) is 3.02. The molecule has 0 saturated heterocycles. The first kappa shape index (κ1) is 9.72. The number of carbonyl (C=O) groups excluding carboxylic acids is 1. The minimum Gasteiger partial charge on any atom is -0.294 e. The molecule has 0 saturated carbocycles. The lowest BCUT2D eigenvalue weighted by atomic mass is 9.99. The summed E-state index contributed by atoms with van der Waals surface area (Å²) in [5, 5.41) is 0. The summed E-state index contributed by atoms with van der Waals surface area (Å²) in [5.74, 6) is 0.0395. The van der Waals surface area contributed by atoms with Crippen molar-refractivity contribution in [3.05, 3.63) is 48.0 Å². The molecule has 1 rings (SSSR count). The lowest BCUT2D eigenvalue weighted by Gasteiger charge is -2.04. The van der Waals surface area contributed by atoms with E-state index in [9.17, 15) is 4.79 Å². The number of Topliss-reactive ketones (excluding diaryl/α,β-unsaturated/α-hetero) is 1. The highest BCUT2D eigenvalue weighted by Gasteiger charge is 2.10. The van der Waals surface area contributed by atoms with Crippen LogP contribution in [0.25, 0.3) is 0 Å². The number of allylic oxidation sites excluding steroid dienone is 1. The third-order valence-corrected chi connectivity index (χ3v) is 2.10. The first-order valence-corrected chi connectivity index (χ1v) is 4.38. The Bertz CT molecular complexity index is 308. The van der Waals surface area contributed by atoms with Crippen LogP contribution in [0.2, 0.25) is 0 Å². The maximum Gasteiger partial charge on any atom is 0.169 e. The van der Waals surface area contributed by atoms with E-state index in [4.69, 9.17) is 0 Å². The van der Waals surface area contributed by atoms with Gasteiger partial charge in [0.1, 0.15) is 0 Å². The van der Waals surface area contributed by atoms with Crippen molar-refractivity contribution in [1.82, 2.24) is 0 Å². The summed E-state index contributed by atoms with van der Waals surface area (Å²) < 4.78 is 0. The van der Waals surface area contributed by atoms with E-state index in [1.165, 1.54) is 5.56 Å². The Hall–Kier alpha value is -1.37. The molecule has 13 heavy (non-hydrogen) atoms. The first-order valence-electron chi connectivity index (χ1n) is 4.38. The fourth-order valence-corrected chi connectivity index (χ4v) is 1.09. The smallest absolute Gasteiger partial charge is 0.169 e. The van der Waals surface area contributed by atoms with E-state index in [1.807, 2.05) is 38.1 Å². The quantitative estimate of drug-likeness (QED) is 0.508. The molecule has 1 aromatic rings. The Morgan fingerprint density at radius 1 is 1.38 bits per heavy atom. The lowest BCUT2D eigenvalue weighted by Crippen LogP contribution is -2.08. The van der Waals surface area contributed by atoms with Crippen LogP contribution in [0.3, 0.4) is 0 Å². The molecule has 1 aromatic carbocycles. The maximum atomic E-state index is 11.6. The van der Waals surface area contributed by atoms with Crippen molar-refractivity contribution >= 4 is 5.78 Å². The standard InChI is InChI=1S/C12H14O/c1-4-10(3)12(13)11-7-5-9(2)6-8-11/h4-8,10H,1H2,2-3H3/t10-/m0/s1. The van der Waals surface area contributed by atoms with E-state index >= 15 is 0 Å². The van der Waals surface area contributed by atoms with Gasteiger partial charge in [-0.15, -0.1) is 6.58 Å². The number of hydrogen-bond donors (Lipinski definition) is 0. The fourth-order valence-electron chi connectivity index (χ4n) is 1.09. The van der Waals surface area contributed by atoms with Crippen molar-refractivity contribution in [3.63, 3.8) is 0 Å². The van der Waals surface area contributed by atoms with Gasteiger partial charge in [0.05, 0.1) is 0 Å². The molecule has 0 bridgehead atoms. The van der Waals surface area contributed by atoms with Crippen molar-refractivity contribution in [1.29, 1.82) is 0 Å². The predicted octanol–water partition coefficient (Wildman–Crippen LogP) is 3.00. The van der Waals surface area contributed by atoms with Gasteiger partial charge in [-0.1, -0.05) is 42.8 Å². The fraction of sp³-hybridized carbons (Fsp3) is 0.250. The number of aryl methyl sites for hydroxylation is 1. The third-order valence-electron chi connectivity index (χ3n) is 2.10. The monoisotopic (exact) mass is 174 g/mol. The molecular formula is C12H14O. The molecule has 0 fully saturated rings. The molecule has 0 aliphatic rings. The van der Waals surface area contributed by atoms with Crippen molar-refractivity contribution in [3.8, 4) is 0 Å². The molecule has 1 heteroatoms. The number of rotatable bonds is 3. The zero-order valence-electron chi connectivity index (χ0n) is 8.08. The number of hydrogen-bond acceptors (Lipinski definition) is 1. The predicted molar refractivity (Wildman–Crippen MR) is 54.9 cm³/mol. The summed E-state index contributed by atoms with van der Waals surface area (Å²) in [6.45, 7) is 7.47. The lowest BCUT2D eigenvalue weighted by molar-refractivity contribution is 0.0953. The van der Waals surface area contributed by atoms with Crippen LogP contribution in [0, 0.1) is 12.8 Å². The van der Waals surface area contributed by atoms with Gasteiger partial charge in [0.2, 0.25) is 0 Å². The van der Waals surface area contributed by atoms with Crippen LogP contribution in [0.1, 0.15) is 22.8 Å². The molecule has 0 heterocycles. The van der Waals surface area contributed by atoms with Gasteiger partial charge in [-0.25, -0.2) is 0 Å². The van der Waals surface area contributed by atoms with Gasteiger partial charge in [-0.2, -0.15) is 0 Å². The van der Waals surface area contributed by atoms with Crippen LogP contribution in [-0.2, 0) is 0 Å². The van der Waals surface area contributed by atoms with E-state index in [0.717, 1.165) is 5.56 Å². The van der Waals surface area contributed by atoms with Gasteiger partial charge in [-0.3, -0.25) is 4.79 Å². The van der Waals surface area contributed by atoms with Crippen LogP contribution in [0.4, 0.5) is 0 Å². The molecule has 0 aliphatic carbocycles. The van der Waals surface area contributed by atoms with Crippen LogP contribution in [-0.4, -0.2) is 5.78 Å². The third kappa shape index (κ3) is 2.28. The van der Waals surface area contributed by atoms with E-state index in [1.54, 1.807) is 6.08 Å². The summed E-state index contributed by atoms with van der Waals surface area (Å²) in [6, 6.07) is 7.61. The molecular weight excluding hydrogens is 160 g/mol. The van der Waals surface area contributed by atoms with Crippen LogP contribution in [0.5, 0.6) is 0 Å². The minimum absolute atomic E-state index is 0.0947. The SMILES string of the molecule is C=C[C@H](C)C(=O)c1ccc(C)cc1. The van der Waals surface area contributed by atoms with Crippen LogP contribution < -0.4 is 0 Å². The molecule has 1 atom stereocenters. The summed E-state index contributed by atoms with van der Waals surface area (Å²) in [4.78, 5) is 11.6. The Morgan fingerprint density at radius 2 is 1.92 bits per heavy atom. The topological polar surface area (TPSA) is 17.1 Å². The summed E-state index contributed by atoms with van der Waals surface area (Å²) in [5.41, 5.74) is 1.93. The number of carbonyl (C=O) groups is 1. The molecule has 1 nitrogen and oxygen atoms in total. The highest BCUT2D eigenvalue weighted by molar-refractivity contribution is 5.98. The summed E-state index contributed by atoms with van der Waals surface area (Å²) >= 11 is 0. The normalized spacial score (nSPS) is 12.2. The maximum absolute atomic E-state index is 11.6. The van der Waals surface area contributed by atoms with E-state index in [-0.39, 0.29) is 11.7 Å². The zero-order valence-corrected chi connectivity index (χ0v) is 8.08. The Balaban J connectivity index is 2.89. The minimum atomic E-state index is -0.0947. The highest BCUT2D eigenvalue weighted by Crippen LogP contribution is 2.10. The molecule has 0 unspecified atom stereocenters. The summed E-state index contributed by atoms with van der Waals surface area (Å²) in [6.07, 6.45) is 1.67. The Morgan fingerprint density at radius 3 is 2.38 bits per heavy atom. The van der Waals surface area contributed by atoms with Gasteiger partial charge in [0.15, 0.2) is 5.78 Å². The van der Waals surface area contributed by atoms with Gasteiger partial charge in [0, 0.05) is 11.5 Å². The number of ketones is 1. The van der Waals surface area contributed by atoms with Gasteiger partial charge in [0.25, 0.3) is 0 Å². The second-order valence-electron chi connectivity index (χ2n) is 3.25. The van der Waals surface area contributed by atoms with Gasteiger partial charge < -0.3 is 0 Å². The molecule has 68 valence electrons. The zero-order chi connectivity index (χ0) is 9.84. The van der Waals surface area contributed by atoms with Gasteiger partial charge >= 0.3 is 0 Å². The molecule has 0 aliphatic heterocycles. The molecule has 0 aromatic heterocycles. The molecule has 0 radical (unpaired) electrons. The van der Waals surface area contributed by atoms with Crippen LogP contribution in [0.15, 0.2) is 36.9 Å². The highest BCUT2D eigenvalue weighted by atomic mass is 16.1. The largest absolute Gasteiger partial charge is 0.294 e. The van der Waals surface area contributed by atoms with Crippen molar-refractivity contribution in [2.45, 2.75) is 13.8 Å². The van der Waals surface area contributed by atoms with Crippen molar-refractivity contribution in [2.75, 3.05) is 0 Å². The van der Waals surface area contributed by atoms with E-state index < -0.39 is 0 Å². The Labute approximate surface area is 79.1 Å². The van der Waals surface area contributed by atoms with Gasteiger partial charge in [-0.05, 0) is 6.92 Å². The van der Waals surface area contributed by atoms with Crippen molar-refractivity contribution < 1.29 is 4.79 Å². The molecule has 0 N–H and O–H groups in total. The number of benzene rings is 1. The first-order chi connectivity index (χ1) is 6.15. The van der Waals surface area contributed by atoms with E-state index in [0.29, 0.717) is 0 Å². The average Bonchev–Trinajstić information content (AvgIpc) is 2.17. The molecule has 0 spiro atoms. The van der Waals surface area contributed by atoms with Crippen LogP contribution >= 0.6 is 0 Å². The molecule has 0 amide bonds. The average molecular weight is 174 g/mol.